The first-order valence-electron chi connectivity index (χ1n) is 8.34. The van der Waals surface area contributed by atoms with Gasteiger partial charge < -0.3 is 9.80 Å². The molecule has 0 heterocycles. The molecule has 2 nitrogen and oxygen atoms in total. The number of hydrogen-bond donors (Lipinski definition) is 0. The van der Waals surface area contributed by atoms with Gasteiger partial charge in [-0.1, -0.05) is 6.07 Å². The van der Waals surface area contributed by atoms with Crippen LogP contribution in [0.25, 0.3) is 0 Å². The Morgan fingerprint density at radius 2 is 1.10 bits per heavy atom. The maximum atomic E-state index is 2.51. The zero-order valence-corrected chi connectivity index (χ0v) is 15.4. The third-order valence-corrected chi connectivity index (χ3v) is 3.99. The standard InChI is InChI=1S/C19H34N2/c1-13(2)20(14(3)4)18-11-10-17(9)19(12-18)21(15(5)6)16(7)8/h10-16H,1-9H3. The molecule has 21 heavy (non-hydrogen) atoms. The van der Waals surface area contributed by atoms with Crippen LogP contribution in [0.1, 0.15) is 61.0 Å². The van der Waals surface area contributed by atoms with E-state index in [4.69, 9.17) is 0 Å². The van der Waals surface area contributed by atoms with Gasteiger partial charge in [-0.25, -0.2) is 0 Å². The highest BCUT2D eigenvalue weighted by Gasteiger charge is 2.20. The van der Waals surface area contributed by atoms with Crippen LogP contribution in [0.3, 0.4) is 0 Å². The van der Waals surface area contributed by atoms with Crippen LogP contribution < -0.4 is 9.80 Å². The molecule has 0 fully saturated rings. The minimum Gasteiger partial charge on any atom is -0.367 e. The normalized spacial score (nSPS) is 11.9. The van der Waals surface area contributed by atoms with Gasteiger partial charge in [-0.2, -0.15) is 0 Å². The van der Waals surface area contributed by atoms with E-state index in [0.717, 1.165) is 0 Å². The molecule has 0 radical (unpaired) electrons. The lowest BCUT2D eigenvalue weighted by molar-refractivity contribution is 0.599. The SMILES string of the molecule is Cc1ccc(N(C(C)C)C(C)C)cc1N(C(C)C)C(C)C. The van der Waals surface area contributed by atoms with Crippen molar-refractivity contribution >= 4 is 11.4 Å². The number of aryl methyl sites for hydroxylation is 1. The Hall–Kier alpha value is -1.18. The molecule has 120 valence electrons. The molecule has 0 spiro atoms. The summed E-state index contributed by atoms with van der Waals surface area (Å²) < 4.78 is 0. The van der Waals surface area contributed by atoms with Gasteiger partial charge in [0.2, 0.25) is 0 Å². The van der Waals surface area contributed by atoms with Crippen LogP contribution in [-0.2, 0) is 0 Å². The minimum atomic E-state index is 0.505. The van der Waals surface area contributed by atoms with Gasteiger partial charge in [0, 0.05) is 35.5 Å². The first-order valence-corrected chi connectivity index (χ1v) is 8.34. The molecular weight excluding hydrogens is 256 g/mol. The molecule has 1 aromatic rings. The average Bonchev–Trinajstić information content (AvgIpc) is 2.31. The van der Waals surface area contributed by atoms with E-state index in [1.54, 1.807) is 0 Å². The fourth-order valence-electron chi connectivity index (χ4n) is 3.38. The molecule has 0 saturated heterocycles. The van der Waals surface area contributed by atoms with E-state index in [1.807, 2.05) is 0 Å². The molecule has 0 aliphatic rings. The summed E-state index contributed by atoms with van der Waals surface area (Å²) in [6.45, 7) is 20.4. The van der Waals surface area contributed by atoms with Crippen molar-refractivity contribution in [1.29, 1.82) is 0 Å². The number of benzene rings is 1. The summed E-state index contributed by atoms with van der Waals surface area (Å²) in [7, 11) is 0. The number of anilines is 2. The number of nitrogens with zero attached hydrogens (tertiary/aromatic N) is 2. The zero-order chi connectivity index (χ0) is 16.3. The molecule has 0 atom stereocenters. The Morgan fingerprint density at radius 3 is 1.48 bits per heavy atom. The highest BCUT2D eigenvalue weighted by molar-refractivity contribution is 5.64. The lowest BCUT2D eigenvalue weighted by atomic mass is 10.1. The van der Waals surface area contributed by atoms with Crippen molar-refractivity contribution in [3.63, 3.8) is 0 Å². The highest BCUT2D eigenvalue weighted by Crippen LogP contribution is 2.31. The predicted octanol–water partition coefficient (Wildman–Crippen LogP) is 5.24. The first-order chi connectivity index (χ1) is 9.66. The van der Waals surface area contributed by atoms with Crippen LogP contribution >= 0.6 is 0 Å². The molecule has 0 aliphatic heterocycles. The number of rotatable bonds is 6. The van der Waals surface area contributed by atoms with Crippen molar-refractivity contribution in [3.8, 4) is 0 Å². The van der Waals surface area contributed by atoms with Crippen molar-refractivity contribution in [2.45, 2.75) is 86.5 Å². The van der Waals surface area contributed by atoms with E-state index in [2.05, 4.69) is 90.3 Å². The van der Waals surface area contributed by atoms with Crippen molar-refractivity contribution in [2.24, 2.45) is 0 Å². The van der Waals surface area contributed by atoms with Crippen LogP contribution in [0, 0.1) is 6.92 Å². The van der Waals surface area contributed by atoms with Crippen molar-refractivity contribution in [2.75, 3.05) is 9.80 Å². The van der Waals surface area contributed by atoms with Gasteiger partial charge in [0.25, 0.3) is 0 Å². The van der Waals surface area contributed by atoms with Gasteiger partial charge in [-0.15, -0.1) is 0 Å². The monoisotopic (exact) mass is 290 g/mol. The van der Waals surface area contributed by atoms with Gasteiger partial charge >= 0.3 is 0 Å². The third-order valence-electron chi connectivity index (χ3n) is 3.99. The Bertz CT molecular complexity index is 431. The molecule has 0 aromatic heterocycles. The summed E-state index contributed by atoms with van der Waals surface area (Å²) in [6, 6.07) is 8.92. The van der Waals surface area contributed by atoms with Gasteiger partial charge in [0.15, 0.2) is 0 Å². The maximum absolute atomic E-state index is 2.51. The summed E-state index contributed by atoms with van der Waals surface area (Å²) >= 11 is 0. The minimum absolute atomic E-state index is 0.505. The summed E-state index contributed by atoms with van der Waals surface area (Å²) in [5.74, 6) is 0. The van der Waals surface area contributed by atoms with E-state index >= 15 is 0 Å². The van der Waals surface area contributed by atoms with Crippen LogP contribution in [0.5, 0.6) is 0 Å². The predicted molar refractivity (Wildman–Crippen MR) is 96.7 cm³/mol. The average molecular weight is 290 g/mol. The lowest BCUT2D eigenvalue weighted by Gasteiger charge is -2.37. The Morgan fingerprint density at radius 1 is 0.667 bits per heavy atom. The van der Waals surface area contributed by atoms with Gasteiger partial charge in [-0.3, -0.25) is 0 Å². The molecule has 0 N–H and O–H groups in total. The van der Waals surface area contributed by atoms with E-state index in [0.29, 0.717) is 24.2 Å². The second-order valence-electron chi connectivity index (χ2n) is 7.16. The summed E-state index contributed by atoms with van der Waals surface area (Å²) in [5.41, 5.74) is 4.05. The van der Waals surface area contributed by atoms with Crippen molar-refractivity contribution < 1.29 is 0 Å². The Labute approximate surface area is 132 Å². The fourth-order valence-corrected chi connectivity index (χ4v) is 3.38. The van der Waals surface area contributed by atoms with Crippen molar-refractivity contribution in [3.05, 3.63) is 23.8 Å². The smallest absolute Gasteiger partial charge is 0.0421 e. The molecule has 0 amide bonds. The van der Waals surface area contributed by atoms with Crippen LogP contribution in [-0.4, -0.2) is 24.2 Å². The Balaban J connectivity index is 3.32. The van der Waals surface area contributed by atoms with Gasteiger partial charge in [0.1, 0.15) is 0 Å². The molecule has 0 aliphatic carbocycles. The maximum Gasteiger partial charge on any atom is 0.0421 e. The van der Waals surface area contributed by atoms with Crippen molar-refractivity contribution in [1.82, 2.24) is 0 Å². The first kappa shape index (κ1) is 17.9. The fraction of sp³-hybridized carbons (Fsp3) is 0.684. The van der Waals surface area contributed by atoms with Crippen LogP contribution in [0.2, 0.25) is 0 Å². The second kappa shape index (κ2) is 7.20. The lowest BCUT2D eigenvalue weighted by Crippen LogP contribution is -2.39. The quantitative estimate of drug-likeness (QED) is 0.706. The third kappa shape index (κ3) is 4.15. The van der Waals surface area contributed by atoms with Gasteiger partial charge in [-0.05, 0) is 80.0 Å². The van der Waals surface area contributed by atoms with E-state index in [-0.39, 0.29) is 0 Å². The number of hydrogen-bond acceptors (Lipinski definition) is 2. The topological polar surface area (TPSA) is 6.48 Å². The largest absolute Gasteiger partial charge is 0.367 e. The summed E-state index contributed by atoms with van der Waals surface area (Å²) in [4.78, 5) is 5.00. The summed E-state index contributed by atoms with van der Waals surface area (Å²) in [5, 5.41) is 0. The molecule has 0 saturated carbocycles. The zero-order valence-electron chi connectivity index (χ0n) is 15.4. The molecule has 0 unspecified atom stereocenters. The summed E-state index contributed by atoms with van der Waals surface area (Å²) in [6.07, 6.45) is 0. The molecule has 2 heteroatoms. The van der Waals surface area contributed by atoms with E-state index in [1.165, 1.54) is 16.9 Å². The van der Waals surface area contributed by atoms with Gasteiger partial charge in [0.05, 0.1) is 0 Å². The van der Waals surface area contributed by atoms with E-state index < -0.39 is 0 Å². The molecule has 1 rings (SSSR count). The Kier molecular flexibility index (Phi) is 6.12. The van der Waals surface area contributed by atoms with Crippen LogP contribution in [0.15, 0.2) is 18.2 Å². The van der Waals surface area contributed by atoms with E-state index in [9.17, 15) is 0 Å². The second-order valence-corrected chi connectivity index (χ2v) is 7.16. The molecular formula is C19H34N2. The van der Waals surface area contributed by atoms with Crippen LogP contribution in [0.4, 0.5) is 11.4 Å². The molecule has 0 bridgehead atoms. The molecule has 1 aromatic carbocycles. The highest BCUT2D eigenvalue weighted by atomic mass is 15.2.